The largest absolute Gasteiger partial charge is 0.365 e. The number of carbonyl (C=O) groups excluding carboxylic acids is 1. The number of Topliss-reactive ketones (excluding diaryl/α,β-unsaturated/α-hetero) is 1. The van der Waals surface area contributed by atoms with Crippen LogP contribution in [0.4, 0.5) is 0 Å². The van der Waals surface area contributed by atoms with Crippen LogP contribution in [-0.2, 0) is 16.0 Å². The Labute approximate surface area is 193 Å². The van der Waals surface area contributed by atoms with Crippen LogP contribution in [0.3, 0.4) is 0 Å². The molecule has 3 fully saturated rings. The zero-order chi connectivity index (χ0) is 22.8. The Morgan fingerprint density at radius 1 is 1.06 bits per heavy atom. The van der Waals surface area contributed by atoms with Crippen molar-refractivity contribution in [1.29, 1.82) is 0 Å². The van der Waals surface area contributed by atoms with E-state index in [4.69, 9.17) is 4.74 Å². The van der Waals surface area contributed by atoms with E-state index >= 15 is 0 Å². The summed E-state index contributed by atoms with van der Waals surface area (Å²) >= 11 is 0. The summed E-state index contributed by atoms with van der Waals surface area (Å²) in [5, 5.41) is 10.8. The maximum absolute atomic E-state index is 13.3. The van der Waals surface area contributed by atoms with E-state index in [-0.39, 0.29) is 16.2 Å². The van der Waals surface area contributed by atoms with Crippen LogP contribution in [0.15, 0.2) is 42.0 Å². The van der Waals surface area contributed by atoms with Gasteiger partial charge in [-0.05, 0) is 86.0 Å². The molecular weight excluding hydrogens is 396 g/mol. The number of benzene rings is 1. The van der Waals surface area contributed by atoms with Gasteiger partial charge in [-0.25, -0.2) is 0 Å². The maximum Gasteiger partial charge on any atom is 0.168 e. The quantitative estimate of drug-likeness (QED) is 0.458. The highest BCUT2D eigenvalue weighted by Gasteiger charge is 2.65. The first-order chi connectivity index (χ1) is 15.2. The summed E-state index contributed by atoms with van der Waals surface area (Å²) < 4.78 is 5.48. The van der Waals surface area contributed by atoms with Crippen molar-refractivity contribution in [3.63, 3.8) is 0 Å². The lowest BCUT2D eigenvalue weighted by molar-refractivity contribution is -0.209. The van der Waals surface area contributed by atoms with E-state index in [9.17, 15) is 9.90 Å². The SMILES string of the molecule is CO[C@@]1(O)CC[C@@]2(C)C(=CC[C@@H]3[C@@H]2CC[C@@]2(C)[C@H]3CC[C@]2(Cc2ccccc2)C(C)=O)C1. The smallest absolute Gasteiger partial charge is 0.168 e. The molecule has 0 aromatic heterocycles. The number of allylic oxidation sites excluding steroid dienone is 1. The zero-order valence-corrected chi connectivity index (χ0v) is 20.3. The minimum atomic E-state index is -0.992. The third-order valence-electron chi connectivity index (χ3n) is 10.9. The third kappa shape index (κ3) is 3.03. The molecule has 4 aliphatic rings. The Morgan fingerprint density at radius 2 is 1.78 bits per heavy atom. The summed E-state index contributed by atoms with van der Waals surface area (Å²) in [7, 11) is 1.63. The molecule has 174 valence electrons. The molecule has 4 aliphatic carbocycles. The number of rotatable bonds is 4. The van der Waals surface area contributed by atoms with E-state index in [2.05, 4.69) is 50.3 Å². The van der Waals surface area contributed by atoms with E-state index in [1.54, 1.807) is 7.11 Å². The van der Waals surface area contributed by atoms with Crippen molar-refractivity contribution in [3.05, 3.63) is 47.5 Å². The molecule has 7 atom stereocenters. The average molecular weight is 437 g/mol. The molecular formula is C29H40O3. The predicted octanol–water partition coefficient (Wildman–Crippen LogP) is 6.10. The van der Waals surface area contributed by atoms with Crippen LogP contribution in [0.5, 0.6) is 0 Å². The van der Waals surface area contributed by atoms with Crippen molar-refractivity contribution in [1.82, 2.24) is 0 Å². The molecule has 3 nitrogen and oxygen atoms in total. The number of hydrogen-bond donors (Lipinski definition) is 1. The summed E-state index contributed by atoms with van der Waals surface area (Å²) in [6, 6.07) is 10.7. The van der Waals surface area contributed by atoms with Gasteiger partial charge >= 0.3 is 0 Å². The van der Waals surface area contributed by atoms with E-state index in [0.29, 0.717) is 36.4 Å². The minimum Gasteiger partial charge on any atom is -0.365 e. The summed E-state index contributed by atoms with van der Waals surface area (Å²) in [6.45, 7) is 6.76. The lowest BCUT2D eigenvalue weighted by Crippen LogP contribution is -2.55. The fraction of sp³-hybridized carbons (Fsp3) is 0.690. The number of ether oxygens (including phenoxy) is 1. The van der Waals surface area contributed by atoms with Gasteiger partial charge in [0.05, 0.1) is 0 Å². The van der Waals surface area contributed by atoms with Gasteiger partial charge in [-0.15, -0.1) is 0 Å². The monoisotopic (exact) mass is 436 g/mol. The molecule has 0 spiro atoms. The van der Waals surface area contributed by atoms with Crippen molar-refractivity contribution in [2.75, 3.05) is 7.11 Å². The van der Waals surface area contributed by atoms with Crippen LogP contribution >= 0.6 is 0 Å². The Morgan fingerprint density at radius 3 is 2.47 bits per heavy atom. The fourth-order valence-corrected chi connectivity index (χ4v) is 8.86. The van der Waals surface area contributed by atoms with Crippen LogP contribution in [0, 0.1) is 34.0 Å². The fourth-order valence-electron chi connectivity index (χ4n) is 8.86. The van der Waals surface area contributed by atoms with Crippen LogP contribution in [0.2, 0.25) is 0 Å². The first kappa shape index (κ1) is 22.3. The summed E-state index contributed by atoms with van der Waals surface area (Å²) in [5.41, 5.74) is 2.71. The highest BCUT2D eigenvalue weighted by Crippen LogP contribution is 2.70. The Balaban J connectivity index is 1.48. The molecule has 5 rings (SSSR count). The van der Waals surface area contributed by atoms with Gasteiger partial charge in [-0.3, -0.25) is 4.79 Å². The number of aliphatic hydroxyl groups is 1. The van der Waals surface area contributed by atoms with Gasteiger partial charge in [0.1, 0.15) is 5.78 Å². The van der Waals surface area contributed by atoms with E-state index in [1.165, 1.54) is 24.0 Å². The normalized spacial score (nSPS) is 45.4. The molecule has 1 aromatic rings. The maximum atomic E-state index is 13.3. The van der Waals surface area contributed by atoms with Crippen molar-refractivity contribution < 1.29 is 14.6 Å². The molecule has 0 amide bonds. The minimum absolute atomic E-state index is 0.0689. The topological polar surface area (TPSA) is 46.5 Å². The molecule has 32 heavy (non-hydrogen) atoms. The van der Waals surface area contributed by atoms with E-state index in [0.717, 1.165) is 32.1 Å². The Kier molecular flexibility index (Phi) is 5.26. The van der Waals surface area contributed by atoms with Gasteiger partial charge in [0.15, 0.2) is 5.79 Å². The highest BCUT2D eigenvalue weighted by molar-refractivity contribution is 5.84. The van der Waals surface area contributed by atoms with Crippen molar-refractivity contribution in [3.8, 4) is 0 Å². The molecule has 0 aliphatic heterocycles. The van der Waals surface area contributed by atoms with Gasteiger partial charge in [-0.2, -0.15) is 0 Å². The Hall–Kier alpha value is -1.45. The molecule has 0 heterocycles. The second kappa shape index (κ2) is 7.53. The van der Waals surface area contributed by atoms with Crippen LogP contribution in [0.1, 0.15) is 77.7 Å². The molecule has 3 heteroatoms. The van der Waals surface area contributed by atoms with Gasteiger partial charge < -0.3 is 9.84 Å². The lowest BCUT2D eigenvalue weighted by atomic mass is 9.44. The lowest BCUT2D eigenvalue weighted by Gasteiger charge is -2.60. The first-order valence-electron chi connectivity index (χ1n) is 12.7. The molecule has 1 aromatic carbocycles. The van der Waals surface area contributed by atoms with Crippen LogP contribution in [0.25, 0.3) is 0 Å². The van der Waals surface area contributed by atoms with E-state index < -0.39 is 5.79 Å². The standard InChI is InChI=1S/C29H40O3/c1-20(30)28(18-21-8-6-5-7-9-21)15-13-25-23-11-10-22-19-29(31,32-4)17-16-26(22,2)24(23)12-14-27(25,28)3/h5-10,23-25,31H,11-19H2,1-4H3/t23-,24+,25+,26+,27+,28+,29+/m1/s1. The number of fused-ring (bicyclic) bond motifs is 5. The molecule has 3 saturated carbocycles. The van der Waals surface area contributed by atoms with Crippen LogP contribution < -0.4 is 0 Å². The predicted molar refractivity (Wildman–Crippen MR) is 127 cm³/mol. The van der Waals surface area contributed by atoms with Gasteiger partial charge in [0.2, 0.25) is 0 Å². The second-order valence-electron chi connectivity index (χ2n) is 11.9. The zero-order valence-electron chi connectivity index (χ0n) is 20.3. The van der Waals surface area contributed by atoms with Crippen LogP contribution in [-0.4, -0.2) is 23.8 Å². The molecule has 0 bridgehead atoms. The number of ketones is 1. The van der Waals surface area contributed by atoms with Crippen molar-refractivity contribution >= 4 is 5.78 Å². The van der Waals surface area contributed by atoms with Crippen molar-refractivity contribution in [2.45, 2.75) is 84.3 Å². The summed E-state index contributed by atoms with van der Waals surface area (Å²) in [6.07, 6.45) is 11.3. The summed E-state index contributed by atoms with van der Waals surface area (Å²) in [5.74, 6) is 1.31. The third-order valence-corrected chi connectivity index (χ3v) is 10.9. The first-order valence-corrected chi connectivity index (χ1v) is 12.7. The van der Waals surface area contributed by atoms with Crippen molar-refractivity contribution in [2.24, 2.45) is 34.0 Å². The molecule has 0 saturated heterocycles. The number of hydrogen-bond acceptors (Lipinski definition) is 3. The molecule has 1 N–H and O–H groups in total. The summed E-state index contributed by atoms with van der Waals surface area (Å²) in [4.78, 5) is 13.3. The highest BCUT2D eigenvalue weighted by atomic mass is 16.6. The van der Waals surface area contributed by atoms with E-state index in [1.807, 2.05) is 6.92 Å². The number of methoxy groups -OCH3 is 1. The van der Waals surface area contributed by atoms with Gasteiger partial charge in [-0.1, -0.05) is 55.8 Å². The second-order valence-corrected chi connectivity index (χ2v) is 11.9. The molecule has 0 unspecified atom stereocenters. The Bertz CT molecular complexity index is 922. The van der Waals surface area contributed by atoms with Gasteiger partial charge in [0.25, 0.3) is 0 Å². The number of carbonyl (C=O) groups is 1. The average Bonchev–Trinajstić information content (AvgIpc) is 3.08. The van der Waals surface area contributed by atoms with Gasteiger partial charge in [0, 0.05) is 25.4 Å². The molecule has 0 radical (unpaired) electrons.